The SMILES string of the molecule is NCC1COCCN1CC1OCCc2ccccc21. The number of ether oxygens (including phenoxy) is 2. The van der Waals surface area contributed by atoms with Gasteiger partial charge in [0.1, 0.15) is 0 Å². The van der Waals surface area contributed by atoms with E-state index >= 15 is 0 Å². The van der Waals surface area contributed by atoms with Gasteiger partial charge in [0.05, 0.1) is 25.9 Å². The molecule has 3 rings (SSSR count). The maximum Gasteiger partial charge on any atom is 0.0954 e. The first-order valence-corrected chi connectivity index (χ1v) is 7.09. The number of morpholine rings is 1. The highest BCUT2D eigenvalue weighted by atomic mass is 16.5. The van der Waals surface area contributed by atoms with Crippen molar-refractivity contribution >= 4 is 0 Å². The average molecular weight is 262 g/mol. The molecule has 0 aliphatic carbocycles. The summed E-state index contributed by atoms with van der Waals surface area (Å²) in [4.78, 5) is 2.41. The zero-order chi connectivity index (χ0) is 13.1. The molecule has 19 heavy (non-hydrogen) atoms. The molecular formula is C15H22N2O2. The van der Waals surface area contributed by atoms with Crippen molar-refractivity contribution in [3.63, 3.8) is 0 Å². The van der Waals surface area contributed by atoms with E-state index in [2.05, 4.69) is 29.2 Å². The van der Waals surface area contributed by atoms with Crippen molar-refractivity contribution in [1.82, 2.24) is 4.90 Å². The third-order valence-electron chi connectivity index (χ3n) is 4.11. The van der Waals surface area contributed by atoms with E-state index in [1.54, 1.807) is 0 Å². The standard InChI is InChI=1S/C15H22N2O2/c16-9-13-11-18-8-6-17(13)10-15-14-4-2-1-3-12(14)5-7-19-15/h1-4,13,15H,5-11,16H2. The van der Waals surface area contributed by atoms with Crippen LogP contribution < -0.4 is 5.73 Å². The zero-order valence-electron chi connectivity index (χ0n) is 11.3. The Morgan fingerprint density at radius 1 is 1.26 bits per heavy atom. The number of benzene rings is 1. The smallest absolute Gasteiger partial charge is 0.0954 e. The molecule has 4 heteroatoms. The van der Waals surface area contributed by atoms with Crippen molar-refractivity contribution in [1.29, 1.82) is 0 Å². The normalized spacial score (nSPS) is 28.1. The van der Waals surface area contributed by atoms with Crippen LogP contribution in [0.4, 0.5) is 0 Å². The molecule has 104 valence electrons. The summed E-state index contributed by atoms with van der Waals surface area (Å²) in [5.74, 6) is 0. The fourth-order valence-corrected chi connectivity index (χ4v) is 2.99. The second-order valence-corrected chi connectivity index (χ2v) is 5.27. The lowest BCUT2D eigenvalue weighted by molar-refractivity contribution is -0.0443. The van der Waals surface area contributed by atoms with E-state index in [0.29, 0.717) is 12.6 Å². The molecule has 2 aliphatic heterocycles. The van der Waals surface area contributed by atoms with Crippen LogP contribution in [-0.2, 0) is 15.9 Å². The summed E-state index contributed by atoms with van der Waals surface area (Å²) in [5, 5.41) is 0. The molecular weight excluding hydrogens is 240 g/mol. The molecule has 1 fully saturated rings. The predicted molar refractivity (Wildman–Crippen MR) is 74.1 cm³/mol. The predicted octanol–water partition coefficient (Wildman–Crippen LogP) is 0.960. The van der Waals surface area contributed by atoms with Gasteiger partial charge in [-0.2, -0.15) is 0 Å². The van der Waals surface area contributed by atoms with E-state index in [4.69, 9.17) is 15.2 Å². The molecule has 0 aromatic heterocycles. The highest BCUT2D eigenvalue weighted by Crippen LogP contribution is 2.28. The number of hydrogen-bond donors (Lipinski definition) is 1. The monoisotopic (exact) mass is 262 g/mol. The molecule has 1 saturated heterocycles. The Hall–Kier alpha value is -0.940. The molecule has 0 spiro atoms. The van der Waals surface area contributed by atoms with E-state index in [9.17, 15) is 0 Å². The van der Waals surface area contributed by atoms with Gasteiger partial charge >= 0.3 is 0 Å². The molecule has 0 saturated carbocycles. The van der Waals surface area contributed by atoms with Crippen LogP contribution in [-0.4, -0.2) is 50.4 Å². The minimum atomic E-state index is 0.178. The fraction of sp³-hybridized carbons (Fsp3) is 0.600. The van der Waals surface area contributed by atoms with Crippen LogP contribution >= 0.6 is 0 Å². The van der Waals surface area contributed by atoms with E-state index in [0.717, 1.165) is 39.3 Å². The minimum absolute atomic E-state index is 0.178. The van der Waals surface area contributed by atoms with Crippen molar-refractivity contribution in [3.8, 4) is 0 Å². The number of hydrogen-bond acceptors (Lipinski definition) is 4. The highest BCUT2D eigenvalue weighted by Gasteiger charge is 2.28. The van der Waals surface area contributed by atoms with Gasteiger partial charge in [0, 0.05) is 25.7 Å². The Labute approximate surface area is 114 Å². The number of rotatable bonds is 3. The Morgan fingerprint density at radius 2 is 2.16 bits per heavy atom. The lowest BCUT2D eigenvalue weighted by atomic mass is 9.97. The lowest BCUT2D eigenvalue weighted by Crippen LogP contribution is -2.51. The van der Waals surface area contributed by atoms with Gasteiger partial charge in [-0.05, 0) is 17.5 Å². The molecule has 0 bridgehead atoms. The van der Waals surface area contributed by atoms with E-state index in [1.807, 2.05) is 0 Å². The summed E-state index contributed by atoms with van der Waals surface area (Å²) < 4.78 is 11.5. The summed E-state index contributed by atoms with van der Waals surface area (Å²) in [6.45, 7) is 4.87. The quantitative estimate of drug-likeness (QED) is 0.881. The van der Waals surface area contributed by atoms with Crippen molar-refractivity contribution in [2.75, 3.05) is 39.5 Å². The topological polar surface area (TPSA) is 47.7 Å². The first kappa shape index (κ1) is 13.1. The van der Waals surface area contributed by atoms with Gasteiger partial charge in [0.2, 0.25) is 0 Å². The first-order valence-electron chi connectivity index (χ1n) is 7.09. The summed E-state index contributed by atoms with van der Waals surface area (Å²) in [6, 6.07) is 8.94. The molecule has 1 aromatic carbocycles. The largest absolute Gasteiger partial charge is 0.378 e. The first-order chi connectivity index (χ1) is 9.38. The number of fused-ring (bicyclic) bond motifs is 1. The molecule has 0 amide bonds. The Balaban J connectivity index is 1.73. The second kappa shape index (κ2) is 6.01. The third-order valence-corrected chi connectivity index (χ3v) is 4.11. The lowest BCUT2D eigenvalue weighted by Gasteiger charge is -2.38. The van der Waals surface area contributed by atoms with Gasteiger partial charge in [-0.25, -0.2) is 0 Å². The van der Waals surface area contributed by atoms with E-state index < -0.39 is 0 Å². The van der Waals surface area contributed by atoms with Crippen LogP contribution in [0.15, 0.2) is 24.3 Å². The third kappa shape index (κ3) is 2.82. The van der Waals surface area contributed by atoms with Crippen LogP contribution in [0.1, 0.15) is 17.2 Å². The summed E-state index contributed by atoms with van der Waals surface area (Å²) in [6.07, 6.45) is 1.20. The maximum absolute atomic E-state index is 5.98. The molecule has 1 aromatic rings. The van der Waals surface area contributed by atoms with Crippen LogP contribution in [0.5, 0.6) is 0 Å². The molecule has 4 nitrogen and oxygen atoms in total. The van der Waals surface area contributed by atoms with Gasteiger partial charge in [-0.3, -0.25) is 4.90 Å². The minimum Gasteiger partial charge on any atom is -0.378 e. The molecule has 2 aliphatic rings. The summed E-state index contributed by atoms with van der Waals surface area (Å²) in [7, 11) is 0. The van der Waals surface area contributed by atoms with Gasteiger partial charge in [0.25, 0.3) is 0 Å². The van der Waals surface area contributed by atoms with Gasteiger partial charge in [-0.1, -0.05) is 24.3 Å². The second-order valence-electron chi connectivity index (χ2n) is 5.27. The van der Waals surface area contributed by atoms with Crippen molar-refractivity contribution in [3.05, 3.63) is 35.4 Å². The fourth-order valence-electron chi connectivity index (χ4n) is 2.99. The van der Waals surface area contributed by atoms with Crippen molar-refractivity contribution in [2.24, 2.45) is 5.73 Å². The molecule has 2 unspecified atom stereocenters. The Morgan fingerprint density at radius 3 is 3.05 bits per heavy atom. The Bertz CT molecular complexity index is 424. The van der Waals surface area contributed by atoms with Crippen molar-refractivity contribution in [2.45, 2.75) is 18.6 Å². The van der Waals surface area contributed by atoms with Crippen LogP contribution in [0.2, 0.25) is 0 Å². The van der Waals surface area contributed by atoms with Crippen LogP contribution in [0, 0.1) is 0 Å². The van der Waals surface area contributed by atoms with Crippen LogP contribution in [0.3, 0.4) is 0 Å². The number of nitrogens with zero attached hydrogens (tertiary/aromatic N) is 1. The summed E-state index contributed by atoms with van der Waals surface area (Å²) in [5.41, 5.74) is 8.60. The molecule has 2 N–H and O–H groups in total. The van der Waals surface area contributed by atoms with Gasteiger partial charge in [-0.15, -0.1) is 0 Å². The Kier molecular flexibility index (Phi) is 4.13. The van der Waals surface area contributed by atoms with E-state index in [1.165, 1.54) is 11.1 Å². The van der Waals surface area contributed by atoms with Crippen LogP contribution in [0.25, 0.3) is 0 Å². The maximum atomic E-state index is 5.98. The summed E-state index contributed by atoms with van der Waals surface area (Å²) >= 11 is 0. The zero-order valence-corrected chi connectivity index (χ0v) is 11.3. The molecule has 0 radical (unpaired) electrons. The molecule has 2 atom stereocenters. The van der Waals surface area contributed by atoms with Crippen molar-refractivity contribution < 1.29 is 9.47 Å². The van der Waals surface area contributed by atoms with E-state index in [-0.39, 0.29) is 6.10 Å². The number of nitrogens with two attached hydrogens (primary N) is 1. The average Bonchev–Trinajstić information content (AvgIpc) is 2.48. The van der Waals surface area contributed by atoms with Gasteiger partial charge in [0.15, 0.2) is 0 Å². The highest BCUT2D eigenvalue weighted by molar-refractivity contribution is 5.31. The molecule has 2 heterocycles. The van der Waals surface area contributed by atoms with Gasteiger partial charge < -0.3 is 15.2 Å².